The van der Waals surface area contributed by atoms with Crippen molar-refractivity contribution in [1.82, 2.24) is 10.6 Å². The summed E-state index contributed by atoms with van der Waals surface area (Å²) in [5.41, 5.74) is 1.25. The van der Waals surface area contributed by atoms with E-state index in [4.69, 9.17) is 5.32 Å². The highest BCUT2D eigenvalue weighted by atomic mass is 15.1. The summed E-state index contributed by atoms with van der Waals surface area (Å²) in [5.74, 6) is 0. The molecule has 0 saturated carbocycles. The largest absolute Gasteiger partial charge is 0.311 e. The van der Waals surface area contributed by atoms with Crippen molar-refractivity contribution < 1.29 is 0 Å². The molecule has 2 atom stereocenters. The first-order chi connectivity index (χ1) is 6.73. The molecule has 1 fully saturated rings. The molecule has 14 heavy (non-hydrogen) atoms. The van der Waals surface area contributed by atoms with Crippen molar-refractivity contribution in [3.63, 3.8) is 0 Å². The van der Waals surface area contributed by atoms with Crippen LogP contribution in [0.5, 0.6) is 0 Å². The van der Waals surface area contributed by atoms with Gasteiger partial charge in [0.15, 0.2) is 0 Å². The molecule has 1 aromatic rings. The predicted octanol–water partition coefficient (Wildman–Crippen LogP) is 1.50. The highest BCUT2D eigenvalue weighted by Crippen LogP contribution is 2.27. The molecule has 2 nitrogen and oxygen atoms in total. The van der Waals surface area contributed by atoms with Gasteiger partial charge < -0.3 is 5.32 Å². The van der Waals surface area contributed by atoms with Crippen LogP contribution in [0.25, 0.3) is 0 Å². The Bertz CT molecular complexity index is 296. The van der Waals surface area contributed by atoms with Crippen LogP contribution in [-0.2, 0) is 5.54 Å². The molecule has 1 aliphatic heterocycles. The van der Waals surface area contributed by atoms with Gasteiger partial charge in [-0.15, -0.1) is 0 Å². The van der Waals surface area contributed by atoms with Gasteiger partial charge >= 0.3 is 0 Å². The number of piperazine rings is 1. The number of hydrogen-bond acceptors (Lipinski definition) is 1. The van der Waals surface area contributed by atoms with E-state index in [1.807, 2.05) is 6.07 Å². The fourth-order valence-electron chi connectivity index (χ4n) is 2.02. The van der Waals surface area contributed by atoms with Gasteiger partial charge in [-0.1, -0.05) is 30.3 Å². The average Bonchev–Trinajstić information content (AvgIpc) is 2.24. The lowest BCUT2D eigenvalue weighted by molar-refractivity contribution is 0.224. The molecule has 0 aliphatic carbocycles. The van der Waals surface area contributed by atoms with E-state index in [2.05, 4.69) is 43.4 Å². The Morgan fingerprint density at radius 3 is 2.71 bits per heavy atom. The molecule has 1 aliphatic rings. The molecule has 0 bridgehead atoms. The van der Waals surface area contributed by atoms with Gasteiger partial charge in [0.05, 0.1) is 5.54 Å². The van der Waals surface area contributed by atoms with E-state index < -0.39 is 0 Å². The summed E-state index contributed by atoms with van der Waals surface area (Å²) >= 11 is 0. The van der Waals surface area contributed by atoms with Gasteiger partial charge in [-0.3, -0.25) is 0 Å². The number of benzene rings is 1. The zero-order chi connectivity index (χ0) is 10.0. The molecule has 2 heteroatoms. The maximum atomic E-state index is 4.75. The van der Waals surface area contributed by atoms with Crippen molar-refractivity contribution in [2.24, 2.45) is 0 Å². The van der Waals surface area contributed by atoms with Crippen molar-refractivity contribution in [2.45, 2.75) is 25.4 Å². The Hall–Kier alpha value is -0.860. The van der Waals surface area contributed by atoms with E-state index in [-0.39, 0.29) is 5.54 Å². The maximum Gasteiger partial charge on any atom is 0.0727 e. The molecule has 1 N–H and O–H groups in total. The Balaban J connectivity index is 2.30. The topological polar surface area (TPSA) is 26.1 Å². The average molecular weight is 189 g/mol. The Labute approximate surface area is 85.7 Å². The molecular weight excluding hydrogens is 172 g/mol. The van der Waals surface area contributed by atoms with Gasteiger partial charge in [0.2, 0.25) is 0 Å². The second-order valence-corrected chi connectivity index (χ2v) is 4.07. The van der Waals surface area contributed by atoms with Crippen LogP contribution in [0.15, 0.2) is 30.3 Å². The Morgan fingerprint density at radius 1 is 1.36 bits per heavy atom. The third kappa shape index (κ3) is 1.56. The highest BCUT2D eigenvalue weighted by molar-refractivity contribution is 5.26. The molecule has 1 aromatic carbocycles. The third-order valence-corrected chi connectivity index (χ3v) is 3.20. The van der Waals surface area contributed by atoms with Gasteiger partial charge in [0, 0.05) is 19.1 Å². The fraction of sp³-hybridized carbons (Fsp3) is 0.500. The molecular formula is C12H17N2. The van der Waals surface area contributed by atoms with Crippen molar-refractivity contribution in [3.05, 3.63) is 35.9 Å². The smallest absolute Gasteiger partial charge is 0.0727 e. The zero-order valence-corrected chi connectivity index (χ0v) is 8.83. The summed E-state index contributed by atoms with van der Waals surface area (Å²) in [6.45, 7) is 6.33. The SMILES string of the molecule is CC1NCC[N]C1(C)c1ccccc1. The van der Waals surface area contributed by atoms with E-state index in [1.165, 1.54) is 5.56 Å². The third-order valence-electron chi connectivity index (χ3n) is 3.20. The first-order valence-electron chi connectivity index (χ1n) is 5.21. The molecule has 0 aromatic heterocycles. The minimum absolute atomic E-state index is 0.0560. The summed E-state index contributed by atoms with van der Waals surface area (Å²) in [4.78, 5) is 0. The van der Waals surface area contributed by atoms with Gasteiger partial charge in [-0.2, -0.15) is 0 Å². The summed E-state index contributed by atoms with van der Waals surface area (Å²) in [5, 5.41) is 8.23. The van der Waals surface area contributed by atoms with Crippen LogP contribution < -0.4 is 10.6 Å². The molecule has 2 unspecified atom stereocenters. The van der Waals surface area contributed by atoms with Crippen LogP contribution in [0.2, 0.25) is 0 Å². The number of hydrogen-bond donors (Lipinski definition) is 1. The summed E-state index contributed by atoms with van der Waals surface area (Å²) < 4.78 is 0. The number of nitrogens with one attached hydrogen (secondary N) is 1. The first kappa shape index (κ1) is 9.69. The molecule has 2 rings (SSSR count). The van der Waals surface area contributed by atoms with E-state index in [0.29, 0.717) is 6.04 Å². The standard InChI is InChI=1S/C12H17N2/c1-10-12(2,14-9-8-13-10)11-6-4-3-5-7-11/h3-7,10,13H,8-9H2,1-2H3. The lowest BCUT2D eigenvalue weighted by Gasteiger charge is -2.40. The molecule has 75 valence electrons. The van der Waals surface area contributed by atoms with Crippen LogP contribution in [0, 0.1) is 0 Å². The second-order valence-electron chi connectivity index (χ2n) is 4.07. The summed E-state index contributed by atoms with van der Waals surface area (Å²) in [6, 6.07) is 10.9. The van der Waals surface area contributed by atoms with Crippen LogP contribution in [0.1, 0.15) is 19.4 Å². The van der Waals surface area contributed by atoms with E-state index in [9.17, 15) is 0 Å². The van der Waals surface area contributed by atoms with Gasteiger partial charge in [-0.25, -0.2) is 5.32 Å². The van der Waals surface area contributed by atoms with Crippen molar-refractivity contribution in [1.29, 1.82) is 0 Å². The molecule has 1 saturated heterocycles. The monoisotopic (exact) mass is 189 g/mol. The van der Waals surface area contributed by atoms with E-state index in [0.717, 1.165) is 13.1 Å². The Morgan fingerprint density at radius 2 is 2.07 bits per heavy atom. The second kappa shape index (κ2) is 3.71. The molecule has 1 radical (unpaired) electrons. The summed E-state index contributed by atoms with van der Waals surface area (Å²) in [7, 11) is 0. The quantitative estimate of drug-likeness (QED) is 0.712. The lowest BCUT2D eigenvalue weighted by Crippen LogP contribution is -2.57. The molecule has 0 spiro atoms. The summed E-state index contributed by atoms with van der Waals surface area (Å²) in [6.07, 6.45) is 0. The van der Waals surface area contributed by atoms with Crippen LogP contribution in [0.3, 0.4) is 0 Å². The number of nitrogens with zero attached hydrogens (tertiary/aromatic N) is 1. The minimum Gasteiger partial charge on any atom is -0.311 e. The van der Waals surface area contributed by atoms with Crippen molar-refractivity contribution in [2.75, 3.05) is 13.1 Å². The van der Waals surface area contributed by atoms with E-state index in [1.54, 1.807) is 0 Å². The van der Waals surface area contributed by atoms with Crippen LogP contribution in [-0.4, -0.2) is 19.1 Å². The minimum atomic E-state index is -0.0560. The van der Waals surface area contributed by atoms with Crippen LogP contribution in [0.4, 0.5) is 0 Å². The Kier molecular flexibility index (Phi) is 2.57. The molecule has 0 amide bonds. The predicted molar refractivity (Wildman–Crippen MR) is 58.3 cm³/mol. The molecule has 1 heterocycles. The lowest BCUT2D eigenvalue weighted by atomic mass is 9.84. The first-order valence-corrected chi connectivity index (χ1v) is 5.21. The van der Waals surface area contributed by atoms with Gasteiger partial charge in [0.25, 0.3) is 0 Å². The zero-order valence-electron chi connectivity index (χ0n) is 8.83. The van der Waals surface area contributed by atoms with Crippen molar-refractivity contribution >= 4 is 0 Å². The van der Waals surface area contributed by atoms with Crippen molar-refractivity contribution in [3.8, 4) is 0 Å². The normalized spacial score (nSPS) is 32.9. The van der Waals surface area contributed by atoms with E-state index >= 15 is 0 Å². The fourth-order valence-corrected chi connectivity index (χ4v) is 2.02. The van der Waals surface area contributed by atoms with Gasteiger partial charge in [0.1, 0.15) is 0 Å². The maximum absolute atomic E-state index is 4.75. The highest BCUT2D eigenvalue weighted by Gasteiger charge is 2.35. The van der Waals surface area contributed by atoms with Crippen LogP contribution >= 0.6 is 0 Å². The van der Waals surface area contributed by atoms with Gasteiger partial charge in [-0.05, 0) is 19.4 Å². The number of rotatable bonds is 1.